The van der Waals surface area contributed by atoms with E-state index in [4.69, 9.17) is 0 Å². The van der Waals surface area contributed by atoms with Crippen molar-refractivity contribution in [2.75, 3.05) is 18.0 Å². The molecule has 2 fully saturated rings. The van der Waals surface area contributed by atoms with Gasteiger partial charge in [-0.1, -0.05) is 6.92 Å². The Hall–Kier alpha value is -3.33. The Morgan fingerprint density at radius 2 is 1.89 bits per heavy atom. The van der Waals surface area contributed by atoms with E-state index in [2.05, 4.69) is 5.32 Å². The highest BCUT2D eigenvalue weighted by Crippen LogP contribution is 2.50. The number of pyridine rings is 1. The molecule has 2 heterocycles. The van der Waals surface area contributed by atoms with Crippen LogP contribution >= 0.6 is 0 Å². The number of hydrogen-bond donors (Lipinski definition) is 2. The molecule has 1 saturated carbocycles. The number of rotatable bonds is 6. The molecule has 0 spiro atoms. The molecule has 184 valence electrons. The van der Waals surface area contributed by atoms with Gasteiger partial charge in [-0.25, -0.2) is 18.0 Å². The second-order valence-corrected chi connectivity index (χ2v) is 9.32. The van der Waals surface area contributed by atoms with Gasteiger partial charge in [-0.15, -0.1) is 0 Å². The summed E-state index contributed by atoms with van der Waals surface area (Å²) in [6, 6.07) is 4.16. The van der Waals surface area contributed by atoms with Gasteiger partial charge in [0.15, 0.2) is 0 Å². The summed E-state index contributed by atoms with van der Waals surface area (Å²) in [5.74, 6) is -3.87. The first-order chi connectivity index (χ1) is 16.7. The van der Waals surface area contributed by atoms with E-state index in [-0.39, 0.29) is 34.6 Å². The standard InChI is InChI=1S/C26H26F3N3O3/c1-3-30-20-8-9-31(13(20)2)24-19(29)11-16-23(22(24)14-4-5-14)32(12-17(25(16)33)26(34)35)21-7-6-15(27)10-18(21)28/h6-7,10-14,20,30H,3-5,8-9H2,1-2H3,(H,34,35). The molecule has 2 aliphatic rings. The third-order valence-corrected chi connectivity index (χ3v) is 7.14. The Bertz CT molecular complexity index is 1400. The van der Waals surface area contributed by atoms with Crippen molar-refractivity contribution in [1.82, 2.24) is 9.88 Å². The number of fused-ring (bicyclic) bond motifs is 1. The Labute approximate surface area is 200 Å². The zero-order chi connectivity index (χ0) is 25.0. The highest BCUT2D eigenvalue weighted by Gasteiger charge is 2.39. The number of anilines is 1. The van der Waals surface area contributed by atoms with Crippen LogP contribution in [0.5, 0.6) is 0 Å². The lowest BCUT2D eigenvalue weighted by molar-refractivity contribution is 0.0695. The summed E-state index contributed by atoms with van der Waals surface area (Å²) in [5, 5.41) is 12.9. The first-order valence-electron chi connectivity index (χ1n) is 11.8. The zero-order valence-electron chi connectivity index (χ0n) is 19.4. The van der Waals surface area contributed by atoms with Crippen molar-refractivity contribution in [2.24, 2.45) is 0 Å². The van der Waals surface area contributed by atoms with Gasteiger partial charge in [0.2, 0.25) is 5.43 Å². The highest BCUT2D eigenvalue weighted by molar-refractivity contribution is 5.96. The van der Waals surface area contributed by atoms with Crippen LogP contribution in [0, 0.1) is 17.5 Å². The van der Waals surface area contributed by atoms with E-state index >= 15 is 4.39 Å². The van der Waals surface area contributed by atoms with Crippen LogP contribution in [-0.2, 0) is 0 Å². The second kappa shape index (κ2) is 8.71. The molecule has 9 heteroatoms. The molecular weight excluding hydrogens is 459 g/mol. The molecular formula is C26H26F3N3O3. The van der Waals surface area contributed by atoms with Crippen molar-refractivity contribution in [3.8, 4) is 5.69 Å². The Kier molecular flexibility index (Phi) is 5.83. The molecule has 2 unspecified atom stereocenters. The lowest BCUT2D eigenvalue weighted by Crippen LogP contribution is -2.41. The number of aromatic carboxylic acids is 1. The summed E-state index contributed by atoms with van der Waals surface area (Å²) in [6.45, 7) is 5.40. The van der Waals surface area contributed by atoms with Crippen LogP contribution in [0.15, 0.2) is 35.3 Å². The molecule has 1 saturated heterocycles. The summed E-state index contributed by atoms with van der Waals surface area (Å²) in [5.41, 5.74) is -0.356. The van der Waals surface area contributed by atoms with Crippen molar-refractivity contribution in [2.45, 2.75) is 51.1 Å². The van der Waals surface area contributed by atoms with Gasteiger partial charge in [-0.2, -0.15) is 0 Å². The first-order valence-corrected chi connectivity index (χ1v) is 11.8. The predicted molar refractivity (Wildman–Crippen MR) is 127 cm³/mol. The van der Waals surface area contributed by atoms with Crippen molar-refractivity contribution in [1.29, 1.82) is 0 Å². The van der Waals surface area contributed by atoms with Crippen LogP contribution in [0.4, 0.5) is 18.9 Å². The van der Waals surface area contributed by atoms with Crippen LogP contribution in [0.2, 0.25) is 0 Å². The van der Waals surface area contributed by atoms with Gasteiger partial charge in [0, 0.05) is 36.5 Å². The van der Waals surface area contributed by atoms with Gasteiger partial charge < -0.3 is 19.9 Å². The molecule has 2 aromatic carbocycles. The number of carboxylic acid groups (broad SMARTS) is 1. The minimum Gasteiger partial charge on any atom is -0.477 e. The molecule has 0 amide bonds. The molecule has 6 nitrogen and oxygen atoms in total. The Balaban J connectivity index is 1.86. The zero-order valence-corrected chi connectivity index (χ0v) is 19.4. The van der Waals surface area contributed by atoms with Gasteiger partial charge >= 0.3 is 5.97 Å². The number of nitrogens with zero attached hydrogens (tertiary/aromatic N) is 2. The minimum absolute atomic E-state index is 0.0274. The second-order valence-electron chi connectivity index (χ2n) is 9.32. The van der Waals surface area contributed by atoms with Gasteiger partial charge in [-0.05, 0) is 56.8 Å². The Morgan fingerprint density at radius 3 is 2.51 bits per heavy atom. The highest BCUT2D eigenvalue weighted by atomic mass is 19.1. The van der Waals surface area contributed by atoms with E-state index in [1.807, 2.05) is 18.7 Å². The summed E-state index contributed by atoms with van der Waals surface area (Å²) in [6.07, 6.45) is 3.41. The third-order valence-electron chi connectivity index (χ3n) is 7.14. The molecule has 0 radical (unpaired) electrons. The van der Waals surface area contributed by atoms with Crippen molar-refractivity contribution in [3.05, 3.63) is 69.3 Å². The molecule has 0 bridgehead atoms. The average molecular weight is 486 g/mol. The summed E-state index contributed by atoms with van der Waals surface area (Å²) < 4.78 is 45.7. The summed E-state index contributed by atoms with van der Waals surface area (Å²) in [7, 11) is 0. The molecule has 35 heavy (non-hydrogen) atoms. The normalized spacial score (nSPS) is 20.1. The number of nitrogens with one attached hydrogen (secondary N) is 1. The van der Waals surface area contributed by atoms with E-state index in [1.54, 1.807) is 0 Å². The SMILES string of the molecule is CCNC1CCN(c2c(F)cc3c(=O)c(C(=O)O)cn(-c4ccc(F)cc4F)c3c2C2CC2)C1C. The van der Waals surface area contributed by atoms with E-state index in [0.717, 1.165) is 44.1 Å². The number of likely N-dealkylation sites (N-methyl/N-ethyl adjacent to an activating group) is 1. The van der Waals surface area contributed by atoms with Gasteiger partial charge in [0.1, 0.15) is 23.0 Å². The molecule has 2 atom stereocenters. The van der Waals surface area contributed by atoms with Crippen LogP contribution in [0.3, 0.4) is 0 Å². The Morgan fingerprint density at radius 1 is 1.14 bits per heavy atom. The third kappa shape index (κ3) is 3.87. The fraction of sp³-hybridized carbons (Fsp3) is 0.385. The number of halogens is 3. The van der Waals surface area contributed by atoms with Crippen LogP contribution in [-0.4, -0.2) is 40.8 Å². The van der Waals surface area contributed by atoms with Crippen molar-refractivity contribution >= 4 is 22.6 Å². The van der Waals surface area contributed by atoms with E-state index in [9.17, 15) is 23.5 Å². The average Bonchev–Trinajstić information content (AvgIpc) is 3.58. The lowest BCUT2D eigenvalue weighted by atomic mass is 9.98. The fourth-order valence-electron chi connectivity index (χ4n) is 5.34. The number of aromatic nitrogens is 1. The number of hydrogen-bond acceptors (Lipinski definition) is 4. The quantitative estimate of drug-likeness (QED) is 0.536. The largest absolute Gasteiger partial charge is 0.477 e. The monoisotopic (exact) mass is 485 g/mol. The van der Waals surface area contributed by atoms with Crippen molar-refractivity contribution < 1.29 is 23.1 Å². The fourth-order valence-corrected chi connectivity index (χ4v) is 5.34. The van der Waals surface area contributed by atoms with Crippen molar-refractivity contribution in [3.63, 3.8) is 0 Å². The summed E-state index contributed by atoms with van der Waals surface area (Å²) in [4.78, 5) is 27.0. The maximum absolute atomic E-state index is 15.8. The maximum atomic E-state index is 15.8. The van der Waals surface area contributed by atoms with Gasteiger partial charge in [0.05, 0.1) is 22.3 Å². The van der Waals surface area contributed by atoms with Crippen LogP contribution < -0.4 is 15.6 Å². The van der Waals surface area contributed by atoms with Gasteiger partial charge in [0.25, 0.3) is 0 Å². The van der Waals surface area contributed by atoms with E-state index in [0.29, 0.717) is 23.9 Å². The minimum atomic E-state index is -1.51. The predicted octanol–water partition coefficient (Wildman–Crippen LogP) is 4.56. The smallest absolute Gasteiger partial charge is 0.341 e. The molecule has 1 aliphatic carbocycles. The molecule has 3 aromatic rings. The first kappa shape index (κ1) is 23.4. The van der Waals surface area contributed by atoms with E-state index in [1.165, 1.54) is 10.6 Å². The summed E-state index contributed by atoms with van der Waals surface area (Å²) >= 11 is 0. The topological polar surface area (TPSA) is 74.6 Å². The molecule has 5 rings (SSSR count). The van der Waals surface area contributed by atoms with Gasteiger partial charge in [-0.3, -0.25) is 4.79 Å². The van der Waals surface area contributed by atoms with Crippen LogP contribution in [0.1, 0.15) is 54.9 Å². The van der Waals surface area contributed by atoms with Crippen LogP contribution in [0.25, 0.3) is 16.6 Å². The molecule has 1 aromatic heterocycles. The lowest BCUT2D eigenvalue weighted by Gasteiger charge is -2.31. The number of benzene rings is 2. The number of carbonyl (C=O) groups is 1. The molecule has 1 aliphatic heterocycles. The van der Waals surface area contributed by atoms with E-state index < -0.39 is 34.4 Å². The molecule has 2 N–H and O–H groups in total. The number of carboxylic acids is 1. The maximum Gasteiger partial charge on any atom is 0.341 e.